The summed E-state index contributed by atoms with van der Waals surface area (Å²) >= 11 is 0. The fraction of sp³-hybridized carbons (Fsp3) is 0.235. The third kappa shape index (κ3) is 4.65. The number of carbonyl (C=O) groups is 2. The SMILES string of the molecule is O=C1C2CN(Cc3cn(Cc4ccccc4)c4ccccc34)CCN2C(=O)CN1Cc1ccc2ccccc2c1. The standard InChI is InChI=1S/C34H32N4O2/c39-33-24-37(20-26-14-15-27-10-4-5-11-28(27)18-26)34(40)32-23-35(16-17-38(32)33)21-29-22-36(19-25-8-2-1-3-9-25)31-13-7-6-12-30(29)31/h1-15,18,22,32H,16-17,19-21,23-24H2. The topological polar surface area (TPSA) is 48.8 Å². The highest BCUT2D eigenvalue weighted by Gasteiger charge is 2.42. The van der Waals surface area contributed by atoms with Crippen LogP contribution in [0.3, 0.4) is 0 Å². The van der Waals surface area contributed by atoms with Gasteiger partial charge in [-0.3, -0.25) is 14.5 Å². The molecule has 1 atom stereocenters. The molecule has 2 amide bonds. The molecule has 0 spiro atoms. The fourth-order valence-corrected chi connectivity index (χ4v) is 6.33. The number of para-hydroxylation sites is 1. The number of fused-ring (bicyclic) bond motifs is 3. The van der Waals surface area contributed by atoms with Gasteiger partial charge in [0.25, 0.3) is 0 Å². The number of nitrogens with zero attached hydrogens (tertiary/aromatic N) is 4. The number of piperazine rings is 2. The predicted octanol–water partition coefficient (Wildman–Crippen LogP) is 4.90. The molecule has 3 heterocycles. The van der Waals surface area contributed by atoms with Crippen LogP contribution < -0.4 is 0 Å². The first-order chi connectivity index (χ1) is 19.6. The number of rotatable bonds is 6. The zero-order valence-corrected chi connectivity index (χ0v) is 22.4. The second-order valence-corrected chi connectivity index (χ2v) is 11.0. The molecule has 1 aromatic heterocycles. The molecular formula is C34H32N4O2. The van der Waals surface area contributed by atoms with Gasteiger partial charge in [0, 0.05) is 56.4 Å². The lowest BCUT2D eigenvalue weighted by Crippen LogP contribution is -2.66. The van der Waals surface area contributed by atoms with E-state index in [0.717, 1.165) is 30.6 Å². The van der Waals surface area contributed by atoms with Crippen LogP contribution in [-0.4, -0.2) is 63.3 Å². The lowest BCUT2D eigenvalue weighted by molar-refractivity contribution is -0.160. The highest BCUT2D eigenvalue weighted by molar-refractivity contribution is 5.95. The Morgan fingerprint density at radius 1 is 0.700 bits per heavy atom. The van der Waals surface area contributed by atoms with Gasteiger partial charge in [-0.25, -0.2) is 0 Å². The van der Waals surface area contributed by atoms with Gasteiger partial charge in [0.15, 0.2) is 0 Å². The van der Waals surface area contributed by atoms with E-state index in [4.69, 9.17) is 0 Å². The van der Waals surface area contributed by atoms with Gasteiger partial charge < -0.3 is 14.4 Å². The van der Waals surface area contributed by atoms with Crippen molar-refractivity contribution >= 4 is 33.5 Å². The summed E-state index contributed by atoms with van der Waals surface area (Å²) in [6.45, 7) is 4.06. The van der Waals surface area contributed by atoms with Crippen LogP contribution in [0, 0.1) is 0 Å². The largest absolute Gasteiger partial charge is 0.343 e. The molecule has 0 aliphatic carbocycles. The first-order valence-corrected chi connectivity index (χ1v) is 14.0. The lowest BCUT2D eigenvalue weighted by atomic mass is 10.0. The van der Waals surface area contributed by atoms with Gasteiger partial charge in [-0.1, -0.05) is 84.9 Å². The molecule has 2 aliphatic rings. The van der Waals surface area contributed by atoms with E-state index in [-0.39, 0.29) is 18.4 Å². The smallest absolute Gasteiger partial charge is 0.247 e. The zero-order chi connectivity index (χ0) is 27.1. The van der Waals surface area contributed by atoms with Crippen molar-refractivity contribution in [3.05, 3.63) is 120 Å². The Kier molecular flexibility index (Phi) is 6.33. The van der Waals surface area contributed by atoms with Crippen molar-refractivity contribution in [1.82, 2.24) is 19.3 Å². The first kappa shape index (κ1) is 24.6. The van der Waals surface area contributed by atoms with Crippen molar-refractivity contribution in [2.24, 2.45) is 0 Å². The minimum Gasteiger partial charge on any atom is -0.343 e. The van der Waals surface area contributed by atoms with E-state index in [0.29, 0.717) is 19.6 Å². The molecule has 7 rings (SSSR count). The molecule has 200 valence electrons. The van der Waals surface area contributed by atoms with Crippen LogP contribution in [0.4, 0.5) is 0 Å². The summed E-state index contributed by atoms with van der Waals surface area (Å²) < 4.78 is 2.32. The van der Waals surface area contributed by atoms with E-state index < -0.39 is 6.04 Å². The van der Waals surface area contributed by atoms with Gasteiger partial charge in [-0.2, -0.15) is 0 Å². The molecule has 6 heteroatoms. The van der Waals surface area contributed by atoms with Gasteiger partial charge in [0.05, 0.1) is 0 Å². The number of hydrogen-bond acceptors (Lipinski definition) is 3. The molecule has 5 aromatic rings. The Morgan fingerprint density at radius 2 is 1.48 bits per heavy atom. The average molecular weight is 529 g/mol. The maximum atomic E-state index is 13.7. The van der Waals surface area contributed by atoms with E-state index in [9.17, 15) is 9.59 Å². The molecule has 2 saturated heterocycles. The summed E-state index contributed by atoms with van der Waals surface area (Å²) in [4.78, 5) is 32.7. The minimum absolute atomic E-state index is 0.0453. The van der Waals surface area contributed by atoms with Crippen molar-refractivity contribution < 1.29 is 9.59 Å². The van der Waals surface area contributed by atoms with E-state index in [2.05, 4.69) is 94.5 Å². The van der Waals surface area contributed by atoms with Crippen molar-refractivity contribution in [3.8, 4) is 0 Å². The number of carbonyl (C=O) groups excluding carboxylic acids is 2. The highest BCUT2D eigenvalue weighted by atomic mass is 16.2. The molecule has 4 aromatic carbocycles. The number of hydrogen-bond donors (Lipinski definition) is 0. The second-order valence-electron chi connectivity index (χ2n) is 11.0. The Hall–Kier alpha value is -4.42. The van der Waals surface area contributed by atoms with E-state index in [1.54, 1.807) is 9.80 Å². The zero-order valence-electron chi connectivity index (χ0n) is 22.4. The Labute approximate surface area is 234 Å². The molecule has 6 nitrogen and oxygen atoms in total. The molecular weight excluding hydrogens is 496 g/mol. The Balaban J connectivity index is 1.09. The van der Waals surface area contributed by atoms with Gasteiger partial charge in [0.1, 0.15) is 12.6 Å². The van der Waals surface area contributed by atoms with Crippen LogP contribution in [0.1, 0.15) is 16.7 Å². The summed E-state index contributed by atoms with van der Waals surface area (Å²) in [5.41, 5.74) is 4.78. The minimum atomic E-state index is -0.437. The number of amides is 2. The Morgan fingerprint density at radius 3 is 2.35 bits per heavy atom. The van der Waals surface area contributed by atoms with Gasteiger partial charge in [-0.15, -0.1) is 0 Å². The maximum absolute atomic E-state index is 13.7. The molecule has 0 bridgehead atoms. The van der Waals surface area contributed by atoms with Gasteiger partial charge >= 0.3 is 0 Å². The van der Waals surface area contributed by atoms with Crippen LogP contribution in [0.2, 0.25) is 0 Å². The fourth-order valence-electron chi connectivity index (χ4n) is 6.33. The predicted molar refractivity (Wildman–Crippen MR) is 158 cm³/mol. The van der Waals surface area contributed by atoms with E-state index >= 15 is 0 Å². The molecule has 2 fully saturated rings. The summed E-state index contributed by atoms with van der Waals surface area (Å²) in [6.07, 6.45) is 2.25. The Bertz CT molecular complexity index is 1710. The summed E-state index contributed by atoms with van der Waals surface area (Å²) in [5.74, 6) is 0.0912. The van der Waals surface area contributed by atoms with Crippen LogP contribution in [0.25, 0.3) is 21.7 Å². The number of aromatic nitrogens is 1. The summed E-state index contributed by atoms with van der Waals surface area (Å²) in [7, 11) is 0. The third-order valence-corrected chi connectivity index (χ3v) is 8.36. The van der Waals surface area contributed by atoms with Crippen LogP contribution in [0.5, 0.6) is 0 Å². The molecule has 1 unspecified atom stereocenters. The van der Waals surface area contributed by atoms with Crippen molar-refractivity contribution in [2.45, 2.75) is 25.7 Å². The van der Waals surface area contributed by atoms with Crippen LogP contribution in [-0.2, 0) is 29.2 Å². The van der Waals surface area contributed by atoms with Crippen molar-refractivity contribution in [1.29, 1.82) is 0 Å². The molecule has 2 aliphatic heterocycles. The lowest BCUT2D eigenvalue weighted by Gasteiger charge is -2.46. The first-order valence-electron chi connectivity index (χ1n) is 14.0. The second kappa shape index (κ2) is 10.3. The van der Waals surface area contributed by atoms with E-state index in [1.165, 1.54) is 27.4 Å². The highest BCUT2D eigenvalue weighted by Crippen LogP contribution is 2.27. The van der Waals surface area contributed by atoms with Crippen molar-refractivity contribution in [3.63, 3.8) is 0 Å². The average Bonchev–Trinajstić information content (AvgIpc) is 3.33. The van der Waals surface area contributed by atoms with Gasteiger partial charge in [0.2, 0.25) is 11.8 Å². The molecule has 0 saturated carbocycles. The summed E-state index contributed by atoms with van der Waals surface area (Å²) in [6, 6.07) is 33.1. The molecule has 0 N–H and O–H groups in total. The quantitative estimate of drug-likeness (QED) is 0.315. The molecule has 40 heavy (non-hydrogen) atoms. The molecule has 0 radical (unpaired) electrons. The van der Waals surface area contributed by atoms with Crippen LogP contribution in [0.15, 0.2) is 103 Å². The number of benzene rings is 4. The maximum Gasteiger partial charge on any atom is 0.247 e. The third-order valence-electron chi connectivity index (χ3n) is 8.36. The monoisotopic (exact) mass is 528 g/mol. The van der Waals surface area contributed by atoms with Crippen molar-refractivity contribution in [2.75, 3.05) is 26.2 Å². The van der Waals surface area contributed by atoms with Crippen LogP contribution >= 0.6 is 0 Å². The summed E-state index contributed by atoms with van der Waals surface area (Å²) in [5, 5.41) is 3.56. The normalized spacial score (nSPS) is 18.1. The van der Waals surface area contributed by atoms with E-state index in [1.807, 2.05) is 18.2 Å². The van der Waals surface area contributed by atoms with Gasteiger partial charge in [-0.05, 0) is 39.6 Å².